The molecule has 0 bridgehead atoms. The number of carbonyl (C=O) groups is 1. The molecular formula is C14H11ClFNO. The van der Waals surface area contributed by atoms with Gasteiger partial charge in [-0.25, -0.2) is 4.39 Å². The number of rotatable bonds is 3. The summed E-state index contributed by atoms with van der Waals surface area (Å²) in [6.45, 7) is 1.84. The van der Waals surface area contributed by atoms with Crippen LogP contribution in [-0.4, -0.2) is 10.8 Å². The Hall–Kier alpha value is -1.74. The van der Waals surface area contributed by atoms with Gasteiger partial charge in [-0.05, 0) is 30.2 Å². The van der Waals surface area contributed by atoms with E-state index in [9.17, 15) is 9.18 Å². The number of pyridine rings is 1. The molecule has 1 aromatic carbocycles. The van der Waals surface area contributed by atoms with E-state index in [0.29, 0.717) is 11.1 Å². The van der Waals surface area contributed by atoms with Crippen LogP contribution in [0.2, 0.25) is 5.02 Å². The van der Waals surface area contributed by atoms with Crippen molar-refractivity contribution in [1.82, 2.24) is 4.98 Å². The highest BCUT2D eigenvalue weighted by Gasteiger charge is 2.13. The van der Waals surface area contributed by atoms with E-state index in [-0.39, 0.29) is 17.2 Å². The van der Waals surface area contributed by atoms with E-state index in [4.69, 9.17) is 11.6 Å². The molecule has 0 N–H and O–H groups in total. The summed E-state index contributed by atoms with van der Waals surface area (Å²) >= 11 is 5.82. The van der Waals surface area contributed by atoms with Crippen LogP contribution in [-0.2, 0) is 6.42 Å². The van der Waals surface area contributed by atoms with Gasteiger partial charge in [-0.1, -0.05) is 23.7 Å². The van der Waals surface area contributed by atoms with E-state index < -0.39 is 5.82 Å². The minimum Gasteiger partial charge on any atom is -0.294 e. The Morgan fingerprint density at radius 2 is 2.17 bits per heavy atom. The van der Waals surface area contributed by atoms with Gasteiger partial charge in [0.2, 0.25) is 0 Å². The van der Waals surface area contributed by atoms with Crippen LogP contribution in [0.5, 0.6) is 0 Å². The SMILES string of the molecule is Cc1ccncc1C(=O)Cc1cccc(F)c1Cl. The highest BCUT2D eigenvalue weighted by atomic mass is 35.5. The molecule has 0 aliphatic heterocycles. The van der Waals surface area contributed by atoms with Crippen LogP contribution in [0.15, 0.2) is 36.7 Å². The molecule has 2 nitrogen and oxygen atoms in total. The van der Waals surface area contributed by atoms with Gasteiger partial charge in [0.05, 0.1) is 5.02 Å². The molecule has 1 aromatic heterocycles. The summed E-state index contributed by atoms with van der Waals surface area (Å²) in [6.07, 6.45) is 3.22. The van der Waals surface area contributed by atoms with Gasteiger partial charge < -0.3 is 0 Å². The first-order chi connectivity index (χ1) is 8.59. The molecule has 0 spiro atoms. The van der Waals surface area contributed by atoms with Gasteiger partial charge >= 0.3 is 0 Å². The number of hydrogen-bond donors (Lipinski definition) is 0. The van der Waals surface area contributed by atoms with Gasteiger partial charge in [0, 0.05) is 24.4 Å². The van der Waals surface area contributed by atoms with Crippen LogP contribution in [0, 0.1) is 12.7 Å². The van der Waals surface area contributed by atoms with Gasteiger partial charge in [-0.15, -0.1) is 0 Å². The summed E-state index contributed by atoms with van der Waals surface area (Å²) in [5.74, 6) is -0.627. The predicted octanol–water partition coefficient (Wildman–Crippen LogP) is 3.61. The molecule has 2 aromatic rings. The molecule has 0 fully saturated rings. The number of halogens is 2. The number of benzene rings is 1. The maximum absolute atomic E-state index is 13.3. The zero-order valence-corrected chi connectivity index (χ0v) is 10.5. The Labute approximate surface area is 109 Å². The average Bonchev–Trinajstić information content (AvgIpc) is 2.35. The molecule has 2 rings (SSSR count). The first-order valence-electron chi connectivity index (χ1n) is 5.46. The Bertz CT molecular complexity index is 598. The fourth-order valence-corrected chi connectivity index (χ4v) is 1.90. The molecule has 0 radical (unpaired) electrons. The van der Waals surface area contributed by atoms with Crippen molar-refractivity contribution in [2.75, 3.05) is 0 Å². The number of aryl methyl sites for hydroxylation is 1. The first-order valence-corrected chi connectivity index (χ1v) is 5.84. The van der Waals surface area contributed by atoms with Crippen LogP contribution in [0.25, 0.3) is 0 Å². The first kappa shape index (κ1) is 12.7. The highest BCUT2D eigenvalue weighted by molar-refractivity contribution is 6.31. The maximum Gasteiger partial charge on any atom is 0.169 e. The summed E-state index contributed by atoms with van der Waals surface area (Å²) < 4.78 is 13.3. The molecule has 92 valence electrons. The number of hydrogen-bond acceptors (Lipinski definition) is 2. The third-order valence-corrected chi connectivity index (χ3v) is 3.15. The molecule has 4 heteroatoms. The van der Waals surface area contributed by atoms with E-state index in [1.807, 2.05) is 6.92 Å². The van der Waals surface area contributed by atoms with Crippen molar-refractivity contribution in [1.29, 1.82) is 0 Å². The van der Waals surface area contributed by atoms with E-state index in [2.05, 4.69) is 4.98 Å². The lowest BCUT2D eigenvalue weighted by Gasteiger charge is -2.06. The number of Topliss-reactive ketones (excluding diaryl/α,β-unsaturated/α-hetero) is 1. The van der Waals surface area contributed by atoms with Gasteiger partial charge in [-0.2, -0.15) is 0 Å². The van der Waals surface area contributed by atoms with Crippen LogP contribution in [0.3, 0.4) is 0 Å². The van der Waals surface area contributed by atoms with Crippen LogP contribution in [0.4, 0.5) is 4.39 Å². The lowest BCUT2D eigenvalue weighted by atomic mass is 10.0. The van der Waals surface area contributed by atoms with Gasteiger partial charge in [0.1, 0.15) is 5.82 Å². The van der Waals surface area contributed by atoms with Gasteiger partial charge in [0.25, 0.3) is 0 Å². The van der Waals surface area contributed by atoms with E-state index in [1.54, 1.807) is 24.4 Å². The number of ketones is 1. The van der Waals surface area contributed by atoms with Crippen molar-refractivity contribution in [3.05, 3.63) is 64.2 Å². The number of carbonyl (C=O) groups excluding carboxylic acids is 1. The highest BCUT2D eigenvalue weighted by Crippen LogP contribution is 2.21. The predicted molar refractivity (Wildman–Crippen MR) is 68.4 cm³/mol. The van der Waals surface area contributed by atoms with Crippen molar-refractivity contribution < 1.29 is 9.18 Å². The third kappa shape index (κ3) is 2.57. The molecule has 18 heavy (non-hydrogen) atoms. The zero-order chi connectivity index (χ0) is 13.1. The average molecular weight is 264 g/mol. The summed E-state index contributed by atoms with van der Waals surface area (Å²) in [6, 6.07) is 6.22. The molecule has 0 aliphatic rings. The van der Waals surface area contributed by atoms with E-state index in [1.165, 1.54) is 12.3 Å². The van der Waals surface area contributed by atoms with Crippen molar-refractivity contribution >= 4 is 17.4 Å². The van der Waals surface area contributed by atoms with Crippen molar-refractivity contribution in [3.8, 4) is 0 Å². The van der Waals surface area contributed by atoms with Gasteiger partial charge in [-0.3, -0.25) is 9.78 Å². The minimum atomic E-state index is -0.509. The smallest absolute Gasteiger partial charge is 0.169 e. The molecule has 0 saturated carbocycles. The fraction of sp³-hybridized carbons (Fsp3) is 0.143. The second-order valence-corrected chi connectivity index (χ2v) is 4.38. The number of aromatic nitrogens is 1. The second kappa shape index (κ2) is 5.27. The quantitative estimate of drug-likeness (QED) is 0.792. The Morgan fingerprint density at radius 1 is 1.39 bits per heavy atom. The van der Waals surface area contributed by atoms with E-state index >= 15 is 0 Å². The summed E-state index contributed by atoms with van der Waals surface area (Å²) in [5, 5.41) is 0.00685. The van der Waals surface area contributed by atoms with Crippen molar-refractivity contribution in [2.45, 2.75) is 13.3 Å². The number of nitrogens with zero attached hydrogens (tertiary/aromatic N) is 1. The standard InChI is InChI=1S/C14H11ClFNO/c1-9-5-6-17-8-11(9)13(18)7-10-3-2-4-12(16)14(10)15/h2-6,8H,7H2,1H3. The lowest BCUT2D eigenvalue weighted by Crippen LogP contribution is -2.07. The molecule has 0 unspecified atom stereocenters. The van der Waals surface area contributed by atoms with Crippen molar-refractivity contribution in [2.24, 2.45) is 0 Å². The van der Waals surface area contributed by atoms with Gasteiger partial charge in [0.15, 0.2) is 5.78 Å². The molecule has 0 atom stereocenters. The second-order valence-electron chi connectivity index (χ2n) is 4.00. The molecule has 0 amide bonds. The molecular weight excluding hydrogens is 253 g/mol. The fourth-order valence-electron chi connectivity index (χ4n) is 1.71. The monoisotopic (exact) mass is 263 g/mol. The zero-order valence-electron chi connectivity index (χ0n) is 9.78. The Balaban J connectivity index is 2.27. The van der Waals surface area contributed by atoms with Crippen LogP contribution >= 0.6 is 11.6 Å². The molecule has 0 aliphatic carbocycles. The summed E-state index contributed by atoms with van der Waals surface area (Å²) in [7, 11) is 0. The largest absolute Gasteiger partial charge is 0.294 e. The molecule has 1 heterocycles. The van der Waals surface area contributed by atoms with Crippen molar-refractivity contribution in [3.63, 3.8) is 0 Å². The normalized spacial score (nSPS) is 10.4. The van der Waals surface area contributed by atoms with Crippen LogP contribution < -0.4 is 0 Å². The third-order valence-electron chi connectivity index (χ3n) is 2.72. The lowest BCUT2D eigenvalue weighted by molar-refractivity contribution is 0.0992. The van der Waals surface area contributed by atoms with Crippen LogP contribution in [0.1, 0.15) is 21.5 Å². The summed E-state index contributed by atoms with van der Waals surface area (Å²) in [4.78, 5) is 16.0. The maximum atomic E-state index is 13.3. The topological polar surface area (TPSA) is 30.0 Å². The summed E-state index contributed by atoms with van der Waals surface area (Å²) in [5.41, 5.74) is 1.88. The van der Waals surface area contributed by atoms with E-state index in [0.717, 1.165) is 5.56 Å². The Kier molecular flexibility index (Phi) is 3.72. The minimum absolute atomic E-state index is 0.00685. The Morgan fingerprint density at radius 3 is 2.89 bits per heavy atom. The molecule has 0 saturated heterocycles.